The van der Waals surface area contributed by atoms with Crippen molar-refractivity contribution < 1.29 is 4.79 Å². The highest BCUT2D eigenvalue weighted by molar-refractivity contribution is 7.18. The first-order valence-electron chi connectivity index (χ1n) is 7.74. The first kappa shape index (κ1) is 16.9. The van der Waals surface area contributed by atoms with Gasteiger partial charge in [-0.3, -0.25) is 14.2 Å². The summed E-state index contributed by atoms with van der Waals surface area (Å²) in [6.07, 6.45) is 1.63. The molecule has 0 fully saturated rings. The van der Waals surface area contributed by atoms with Gasteiger partial charge in [-0.1, -0.05) is 6.07 Å². The number of benzene rings is 1. The van der Waals surface area contributed by atoms with Gasteiger partial charge in [0.1, 0.15) is 4.83 Å². The molecule has 0 aliphatic carbocycles. The van der Waals surface area contributed by atoms with Crippen LogP contribution in [0.1, 0.15) is 22.4 Å². The number of fused-ring (bicyclic) bond motifs is 1. The maximum absolute atomic E-state index is 12.6. The molecule has 1 N–H and O–H groups in total. The third-order valence-corrected chi connectivity index (χ3v) is 5.13. The van der Waals surface area contributed by atoms with Crippen LogP contribution in [0.2, 0.25) is 0 Å². The van der Waals surface area contributed by atoms with Gasteiger partial charge in [-0.05, 0) is 37.6 Å². The van der Waals surface area contributed by atoms with Crippen molar-refractivity contribution in [3.63, 3.8) is 0 Å². The summed E-state index contributed by atoms with van der Waals surface area (Å²) in [7, 11) is 0. The van der Waals surface area contributed by atoms with E-state index < -0.39 is 0 Å². The van der Waals surface area contributed by atoms with Gasteiger partial charge in [0.2, 0.25) is 5.91 Å². The molecule has 25 heavy (non-hydrogen) atoms. The van der Waals surface area contributed by atoms with Crippen molar-refractivity contribution in [1.82, 2.24) is 9.55 Å². The molecule has 1 amide bonds. The molecule has 0 atom stereocenters. The molecule has 0 unspecified atom stereocenters. The summed E-state index contributed by atoms with van der Waals surface area (Å²) in [5.41, 5.74) is 1.87. The van der Waals surface area contributed by atoms with Gasteiger partial charge in [0.15, 0.2) is 0 Å². The maximum Gasteiger partial charge on any atom is 0.262 e. The van der Waals surface area contributed by atoms with Gasteiger partial charge in [-0.15, -0.1) is 11.3 Å². The van der Waals surface area contributed by atoms with Crippen LogP contribution in [-0.4, -0.2) is 15.5 Å². The van der Waals surface area contributed by atoms with E-state index in [0.29, 0.717) is 16.6 Å². The van der Waals surface area contributed by atoms with Crippen LogP contribution in [0.3, 0.4) is 0 Å². The van der Waals surface area contributed by atoms with E-state index >= 15 is 0 Å². The standard InChI is InChI=1S/C18H16N4O2S/c1-11-12(2)25-17-16(11)18(24)22(10-20-17)7-6-15(23)21-14-5-3-4-13(8-14)9-19/h3-5,8,10H,6-7H2,1-2H3,(H,21,23). The van der Waals surface area contributed by atoms with Crippen LogP contribution in [0, 0.1) is 25.2 Å². The zero-order valence-electron chi connectivity index (χ0n) is 13.9. The summed E-state index contributed by atoms with van der Waals surface area (Å²) < 4.78 is 1.47. The van der Waals surface area contributed by atoms with Gasteiger partial charge < -0.3 is 5.32 Å². The van der Waals surface area contributed by atoms with Crippen molar-refractivity contribution in [2.24, 2.45) is 0 Å². The van der Waals surface area contributed by atoms with Crippen LogP contribution in [0.4, 0.5) is 5.69 Å². The second kappa shape index (κ2) is 6.87. The quantitative estimate of drug-likeness (QED) is 0.782. The largest absolute Gasteiger partial charge is 0.326 e. The van der Waals surface area contributed by atoms with E-state index in [-0.39, 0.29) is 24.4 Å². The number of nitriles is 1. The highest BCUT2D eigenvalue weighted by Gasteiger charge is 2.12. The lowest BCUT2D eigenvalue weighted by Crippen LogP contribution is -2.23. The molecule has 3 rings (SSSR count). The summed E-state index contributed by atoms with van der Waals surface area (Å²) in [5.74, 6) is -0.222. The number of aryl methyl sites for hydroxylation is 3. The Bertz CT molecular complexity index is 1060. The monoisotopic (exact) mass is 352 g/mol. The lowest BCUT2D eigenvalue weighted by atomic mass is 10.2. The third-order valence-electron chi connectivity index (χ3n) is 4.01. The van der Waals surface area contributed by atoms with Gasteiger partial charge in [0.25, 0.3) is 5.56 Å². The molecule has 7 heteroatoms. The zero-order valence-corrected chi connectivity index (χ0v) is 14.7. The Labute approximate surface area is 148 Å². The van der Waals surface area contributed by atoms with Gasteiger partial charge >= 0.3 is 0 Å². The second-order valence-corrected chi connectivity index (χ2v) is 6.90. The molecule has 1 aromatic carbocycles. The molecule has 0 radical (unpaired) electrons. The van der Waals surface area contributed by atoms with Crippen molar-refractivity contribution in [3.05, 3.63) is 57.0 Å². The molecule has 0 saturated heterocycles. The number of nitrogens with one attached hydrogen (secondary N) is 1. The predicted molar refractivity (Wildman–Crippen MR) is 97.8 cm³/mol. The number of hydrogen-bond acceptors (Lipinski definition) is 5. The molecule has 126 valence electrons. The van der Waals surface area contributed by atoms with Gasteiger partial charge in [-0.25, -0.2) is 4.98 Å². The highest BCUT2D eigenvalue weighted by Crippen LogP contribution is 2.25. The number of carbonyl (C=O) groups is 1. The number of thiophene rings is 1. The molecule has 0 aliphatic rings. The molecule has 6 nitrogen and oxygen atoms in total. The van der Waals surface area contributed by atoms with E-state index in [1.54, 1.807) is 24.3 Å². The van der Waals surface area contributed by atoms with E-state index in [2.05, 4.69) is 10.3 Å². The molecular formula is C18H16N4O2S. The molecule has 0 aliphatic heterocycles. The number of anilines is 1. The Balaban J connectivity index is 1.73. The van der Waals surface area contributed by atoms with Crippen molar-refractivity contribution in [2.75, 3.05) is 5.32 Å². The fraction of sp³-hybridized carbons (Fsp3) is 0.222. The average Bonchev–Trinajstić information content (AvgIpc) is 2.89. The number of hydrogen-bond donors (Lipinski definition) is 1. The van der Waals surface area contributed by atoms with Gasteiger partial charge in [-0.2, -0.15) is 5.26 Å². The highest BCUT2D eigenvalue weighted by atomic mass is 32.1. The Kier molecular flexibility index (Phi) is 4.63. The van der Waals surface area contributed by atoms with Crippen LogP contribution >= 0.6 is 11.3 Å². The summed E-state index contributed by atoms with van der Waals surface area (Å²) in [5, 5.41) is 12.2. The molecule has 3 aromatic rings. The van der Waals surface area contributed by atoms with Gasteiger partial charge in [0, 0.05) is 23.5 Å². The first-order chi connectivity index (χ1) is 12.0. The average molecular weight is 352 g/mol. The van der Waals surface area contributed by atoms with E-state index in [0.717, 1.165) is 15.3 Å². The van der Waals surface area contributed by atoms with Crippen LogP contribution in [0.5, 0.6) is 0 Å². The Morgan fingerprint density at radius 3 is 2.96 bits per heavy atom. The summed E-state index contributed by atoms with van der Waals surface area (Å²) in [4.78, 5) is 30.8. The molecular weight excluding hydrogens is 336 g/mol. The molecule has 0 spiro atoms. The summed E-state index contributed by atoms with van der Waals surface area (Å²) in [6.45, 7) is 4.13. The molecule has 0 bridgehead atoms. The Hall–Kier alpha value is -2.98. The van der Waals surface area contributed by atoms with Crippen LogP contribution < -0.4 is 10.9 Å². The van der Waals surface area contributed by atoms with Crippen molar-refractivity contribution in [1.29, 1.82) is 5.26 Å². The van der Waals surface area contributed by atoms with Crippen molar-refractivity contribution in [2.45, 2.75) is 26.8 Å². The first-order valence-corrected chi connectivity index (χ1v) is 8.56. The maximum atomic E-state index is 12.6. The lowest BCUT2D eigenvalue weighted by Gasteiger charge is -2.07. The summed E-state index contributed by atoms with van der Waals surface area (Å²) >= 11 is 1.50. The number of nitrogens with zero attached hydrogens (tertiary/aromatic N) is 3. The topological polar surface area (TPSA) is 87.8 Å². The Morgan fingerprint density at radius 1 is 1.40 bits per heavy atom. The van der Waals surface area contributed by atoms with Crippen LogP contribution in [0.15, 0.2) is 35.4 Å². The van der Waals surface area contributed by atoms with Gasteiger partial charge in [0.05, 0.1) is 23.3 Å². The minimum absolute atomic E-state index is 0.119. The number of rotatable bonds is 4. The predicted octanol–water partition coefficient (Wildman–Crippen LogP) is 2.98. The fourth-order valence-corrected chi connectivity index (χ4v) is 3.53. The van der Waals surface area contributed by atoms with E-state index in [1.807, 2.05) is 19.9 Å². The second-order valence-electron chi connectivity index (χ2n) is 5.70. The minimum atomic E-state index is -0.222. The van der Waals surface area contributed by atoms with Crippen LogP contribution in [-0.2, 0) is 11.3 Å². The third kappa shape index (κ3) is 3.44. The smallest absolute Gasteiger partial charge is 0.262 e. The molecule has 0 saturated carbocycles. The van der Waals surface area contributed by atoms with Crippen molar-refractivity contribution in [3.8, 4) is 6.07 Å². The van der Waals surface area contributed by atoms with Crippen LogP contribution in [0.25, 0.3) is 10.2 Å². The summed E-state index contributed by atoms with van der Waals surface area (Å²) in [6, 6.07) is 8.73. The Morgan fingerprint density at radius 2 is 2.20 bits per heavy atom. The minimum Gasteiger partial charge on any atom is -0.326 e. The van der Waals surface area contributed by atoms with E-state index in [4.69, 9.17) is 5.26 Å². The van der Waals surface area contributed by atoms with E-state index in [9.17, 15) is 9.59 Å². The van der Waals surface area contributed by atoms with Crippen molar-refractivity contribution >= 4 is 33.1 Å². The lowest BCUT2D eigenvalue weighted by molar-refractivity contribution is -0.116. The normalized spacial score (nSPS) is 10.6. The zero-order chi connectivity index (χ0) is 18.0. The molecule has 2 aromatic heterocycles. The number of carbonyl (C=O) groups excluding carboxylic acids is 1. The molecule has 2 heterocycles. The van der Waals surface area contributed by atoms with E-state index in [1.165, 1.54) is 22.2 Å². The number of amides is 1. The fourth-order valence-electron chi connectivity index (χ4n) is 2.54. The number of aromatic nitrogens is 2. The SMILES string of the molecule is Cc1sc2ncn(CCC(=O)Nc3cccc(C#N)c3)c(=O)c2c1C.